The van der Waals surface area contributed by atoms with E-state index in [-0.39, 0.29) is 34.7 Å². The van der Waals surface area contributed by atoms with Gasteiger partial charge in [0.1, 0.15) is 17.2 Å². The standard InChI is InChI=1S/C32H33N7O3/c1-38-11-9-35-30(38)26-13-20(17-33)3-8-25(26)23-15-28(22-4-5-22)36-29(16-23)37-31(40)27-14-21(18-34-10-12-42-2)19-39(32(27)41)24-6-7-24/h3,8-9,11,13-16,19,22,24,34H,4-7,10,12,18H2,1-2H3,(H,36,37,40)/i1D3. The van der Waals surface area contributed by atoms with Gasteiger partial charge in [0.2, 0.25) is 0 Å². The van der Waals surface area contributed by atoms with E-state index in [1.807, 2.05) is 12.3 Å². The second kappa shape index (κ2) is 11.7. The van der Waals surface area contributed by atoms with Gasteiger partial charge in [-0.15, -0.1) is 0 Å². The van der Waals surface area contributed by atoms with E-state index in [1.165, 1.54) is 12.4 Å². The zero-order valence-electron chi connectivity index (χ0n) is 26.3. The van der Waals surface area contributed by atoms with Crippen LogP contribution in [0.25, 0.3) is 22.5 Å². The normalized spacial score (nSPS) is 15.9. The number of anilines is 1. The molecule has 2 saturated carbocycles. The molecule has 42 heavy (non-hydrogen) atoms. The average Bonchev–Trinajstić information content (AvgIpc) is 3.97. The molecule has 4 aromatic rings. The number of nitrogens with zero attached hydrogens (tertiary/aromatic N) is 5. The lowest BCUT2D eigenvalue weighted by Gasteiger charge is -2.15. The van der Waals surface area contributed by atoms with Crippen molar-refractivity contribution in [1.29, 1.82) is 5.26 Å². The lowest BCUT2D eigenvalue weighted by atomic mass is 9.96. The summed E-state index contributed by atoms with van der Waals surface area (Å²) in [5, 5.41) is 15.8. The molecule has 3 aromatic heterocycles. The molecular formula is C32H33N7O3. The number of hydrogen-bond donors (Lipinski definition) is 2. The van der Waals surface area contributed by atoms with Crippen LogP contribution < -0.4 is 16.2 Å². The molecule has 214 valence electrons. The summed E-state index contributed by atoms with van der Waals surface area (Å²) in [4.78, 5) is 36.1. The number of nitrogens with one attached hydrogen (secondary N) is 2. The van der Waals surface area contributed by atoms with Gasteiger partial charge in [0.05, 0.1) is 18.2 Å². The monoisotopic (exact) mass is 566 g/mol. The molecule has 0 aliphatic heterocycles. The zero-order chi connectivity index (χ0) is 31.7. The Morgan fingerprint density at radius 1 is 1.19 bits per heavy atom. The molecule has 0 radical (unpaired) electrons. The Morgan fingerprint density at radius 3 is 2.79 bits per heavy atom. The zero-order valence-corrected chi connectivity index (χ0v) is 23.3. The first-order valence-corrected chi connectivity index (χ1v) is 14.0. The van der Waals surface area contributed by atoms with Crippen LogP contribution in [-0.4, -0.2) is 45.3 Å². The van der Waals surface area contributed by atoms with E-state index >= 15 is 0 Å². The van der Waals surface area contributed by atoms with Gasteiger partial charge in [0.25, 0.3) is 11.5 Å². The third kappa shape index (κ3) is 5.88. The molecule has 6 rings (SSSR count). The summed E-state index contributed by atoms with van der Waals surface area (Å²) >= 11 is 0. The maximum absolute atomic E-state index is 13.7. The number of methoxy groups -OCH3 is 1. The van der Waals surface area contributed by atoms with Crippen LogP contribution in [0.3, 0.4) is 0 Å². The first-order valence-electron chi connectivity index (χ1n) is 15.5. The summed E-state index contributed by atoms with van der Waals surface area (Å²) in [6.07, 6.45) is 8.31. The van der Waals surface area contributed by atoms with Crippen molar-refractivity contribution in [3.63, 3.8) is 0 Å². The fraction of sp³-hybridized carbons (Fsp3) is 0.344. The molecule has 0 spiro atoms. The highest BCUT2D eigenvalue weighted by Gasteiger charge is 2.29. The lowest BCUT2D eigenvalue weighted by Crippen LogP contribution is -2.30. The highest BCUT2D eigenvalue weighted by molar-refractivity contribution is 6.04. The van der Waals surface area contributed by atoms with Crippen LogP contribution in [-0.2, 0) is 18.3 Å². The smallest absolute Gasteiger partial charge is 0.263 e. The summed E-state index contributed by atoms with van der Waals surface area (Å²) in [6, 6.07) is 12.5. The van der Waals surface area contributed by atoms with Gasteiger partial charge in [0.15, 0.2) is 0 Å². The lowest BCUT2D eigenvalue weighted by molar-refractivity contribution is 0.102. The summed E-state index contributed by atoms with van der Waals surface area (Å²) < 4.78 is 31.8. The molecule has 2 fully saturated rings. The van der Waals surface area contributed by atoms with Gasteiger partial charge in [-0.25, -0.2) is 9.97 Å². The number of ether oxygens (including phenoxy) is 1. The number of pyridine rings is 2. The maximum atomic E-state index is 13.7. The minimum absolute atomic E-state index is 0.0342. The number of rotatable bonds is 11. The molecule has 0 bridgehead atoms. The highest BCUT2D eigenvalue weighted by atomic mass is 16.5. The molecule has 1 aromatic carbocycles. The van der Waals surface area contributed by atoms with Gasteiger partial charge in [-0.1, -0.05) is 6.07 Å². The number of aromatic nitrogens is 4. The third-order valence-electron chi connectivity index (χ3n) is 7.52. The van der Waals surface area contributed by atoms with Crippen molar-refractivity contribution in [2.75, 3.05) is 25.6 Å². The minimum Gasteiger partial charge on any atom is -0.383 e. The fourth-order valence-corrected chi connectivity index (χ4v) is 5.05. The first-order chi connectivity index (χ1) is 21.7. The molecule has 0 atom stereocenters. The molecule has 0 saturated heterocycles. The van der Waals surface area contributed by atoms with Crippen LogP contribution in [0.4, 0.5) is 5.82 Å². The molecule has 2 N–H and O–H groups in total. The number of aryl methyl sites for hydroxylation is 1. The van der Waals surface area contributed by atoms with Gasteiger partial charge >= 0.3 is 0 Å². The molecule has 2 aliphatic rings. The number of benzene rings is 1. The van der Waals surface area contributed by atoms with Crippen molar-refractivity contribution < 1.29 is 13.6 Å². The number of carbonyl (C=O) groups is 1. The van der Waals surface area contributed by atoms with E-state index in [4.69, 9.17) is 13.8 Å². The molecule has 0 unspecified atom stereocenters. The van der Waals surface area contributed by atoms with E-state index in [0.717, 1.165) is 41.5 Å². The Labute approximate surface area is 248 Å². The molecule has 10 heteroatoms. The van der Waals surface area contributed by atoms with Crippen molar-refractivity contribution in [3.05, 3.63) is 87.7 Å². The Balaban J connectivity index is 1.38. The van der Waals surface area contributed by atoms with E-state index in [0.29, 0.717) is 42.0 Å². The molecule has 2 aliphatic carbocycles. The molecule has 3 heterocycles. The van der Waals surface area contributed by atoms with E-state index < -0.39 is 12.9 Å². The van der Waals surface area contributed by atoms with Crippen LogP contribution >= 0.6 is 0 Å². The van der Waals surface area contributed by atoms with Crippen molar-refractivity contribution in [1.82, 2.24) is 24.4 Å². The van der Waals surface area contributed by atoms with E-state index in [2.05, 4.69) is 21.7 Å². The predicted molar refractivity (Wildman–Crippen MR) is 159 cm³/mol. The van der Waals surface area contributed by atoms with Crippen LogP contribution in [0.1, 0.15) is 68.9 Å². The fourth-order valence-electron chi connectivity index (χ4n) is 5.05. The topological polar surface area (TPSA) is 127 Å². The average molecular weight is 567 g/mol. The number of nitriles is 1. The van der Waals surface area contributed by atoms with Crippen molar-refractivity contribution in [3.8, 4) is 28.6 Å². The van der Waals surface area contributed by atoms with E-state index in [1.54, 1.807) is 42.0 Å². The summed E-state index contributed by atoms with van der Waals surface area (Å²) in [5.41, 5.74) is 3.40. The Hall–Kier alpha value is -4.59. The maximum Gasteiger partial charge on any atom is 0.263 e. The second-order valence-corrected chi connectivity index (χ2v) is 10.8. The molecular weight excluding hydrogens is 530 g/mol. The predicted octanol–water partition coefficient (Wildman–Crippen LogP) is 4.38. The van der Waals surface area contributed by atoms with Crippen molar-refractivity contribution >= 4 is 11.7 Å². The molecule has 10 nitrogen and oxygen atoms in total. The summed E-state index contributed by atoms with van der Waals surface area (Å²) in [6.45, 7) is -0.835. The van der Waals surface area contributed by atoms with Gasteiger partial charge in [0, 0.05) is 73.1 Å². The van der Waals surface area contributed by atoms with Gasteiger partial charge in [-0.3, -0.25) is 9.59 Å². The summed E-state index contributed by atoms with van der Waals surface area (Å²) in [7, 11) is 1.63. The van der Waals surface area contributed by atoms with E-state index in [9.17, 15) is 14.9 Å². The van der Waals surface area contributed by atoms with Gasteiger partial charge < -0.3 is 24.5 Å². The Morgan fingerprint density at radius 2 is 2.05 bits per heavy atom. The number of amides is 1. The SMILES string of the molecule is [2H]C([2H])([2H])n1ccnc1-c1cc(C#N)ccc1-c1cc(NC(=O)c2cc(CNCCOC)cn(C3CC3)c2=O)nc(C2CC2)c1. The highest BCUT2D eigenvalue weighted by Crippen LogP contribution is 2.42. The number of carbonyl (C=O) groups excluding carboxylic acids is 1. The first kappa shape index (κ1) is 24.1. The number of imidazole rings is 1. The van der Waals surface area contributed by atoms with Gasteiger partial charge in [-0.05, 0) is 72.7 Å². The second-order valence-electron chi connectivity index (χ2n) is 10.8. The van der Waals surface area contributed by atoms with Crippen LogP contribution in [0, 0.1) is 11.3 Å². The van der Waals surface area contributed by atoms with Crippen molar-refractivity contribution in [2.24, 2.45) is 6.98 Å². The molecule has 1 amide bonds. The van der Waals surface area contributed by atoms with Gasteiger partial charge in [-0.2, -0.15) is 5.26 Å². The third-order valence-corrected chi connectivity index (χ3v) is 7.52. The Kier molecular flexibility index (Phi) is 6.71. The largest absolute Gasteiger partial charge is 0.383 e. The van der Waals surface area contributed by atoms with Crippen LogP contribution in [0.15, 0.2) is 59.8 Å². The van der Waals surface area contributed by atoms with Crippen LogP contribution in [0.2, 0.25) is 0 Å². The summed E-state index contributed by atoms with van der Waals surface area (Å²) in [5.74, 6) is 0.127. The Bertz CT molecular complexity index is 1850. The number of hydrogen-bond acceptors (Lipinski definition) is 7. The minimum atomic E-state index is -2.48. The van der Waals surface area contributed by atoms with Crippen molar-refractivity contribution in [2.45, 2.75) is 44.2 Å². The quantitative estimate of drug-likeness (QED) is 0.258. The van der Waals surface area contributed by atoms with Crippen LogP contribution in [0.5, 0.6) is 0 Å².